The Hall–Kier alpha value is -2.52. The van der Waals surface area contributed by atoms with Crippen LogP contribution in [0.15, 0.2) is 45.7 Å². The van der Waals surface area contributed by atoms with Crippen molar-refractivity contribution >= 4 is 31.6 Å². The van der Waals surface area contributed by atoms with E-state index in [-0.39, 0.29) is 4.90 Å². The Morgan fingerprint density at radius 3 is 2.12 bits per heavy atom. The van der Waals surface area contributed by atoms with Crippen LogP contribution in [0.25, 0.3) is 10.2 Å². The molecule has 0 radical (unpaired) electrons. The summed E-state index contributed by atoms with van der Waals surface area (Å²) in [5.74, 6) is 1.82. The van der Waals surface area contributed by atoms with E-state index in [2.05, 4.69) is 4.40 Å². The quantitative estimate of drug-likeness (QED) is 0.665. The first-order valence-electron chi connectivity index (χ1n) is 7.57. The lowest BCUT2D eigenvalue weighted by Gasteiger charge is -2.06. The summed E-state index contributed by atoms with van der Waals surface area (Å²) >= 11 is 1.22. The molecular weight excluding hydrogens is 376 g/mol. The summed E-state index contributed by atoms with van der Waals surface area (Å²) < 4.78 is 47.6. The number of fused-ring (bicyclic) bond motifs is 1. The number of rotatable bonds is 5. The Kier molecular flexibility index (Phi) is 4.92. The van der Waals surface area contributed by atoms with Gasteiger partial charge < -0.3 is 18.8 Å². The number of methoxy groups -OCH3 is 3. The molecule has 0 amide bonds. The van der Waals surface area contributed by atoms with Gasteiger partial charge in [-0.25, -0.2) is 0 Å². The molecule has 138 valence electrons. The summed E-state index contributed by atoms with van der Waals surface area (Å²) in [6.07, 6.45) is 0. The summed E-state index contributed by atoms with van der Waals surface area (Å²) in [6.45, 7) is 0. The smallest absolute Gasteiger partial charge is 0.285 e. The van der Waals surface area contributed by atoms with E-state index in [1.807, 2.05) is 0 Å². The molecule has 0 N–H and O–H groups in total. The van der Waals surface area contributed by atoms with E-state index in [0.29, 0.717) is 22.0 Å². The van der Waals surface area contributed by atoms with Gasteiger partial charge in [0.1, 0.15) is 27.5 Å². The van der Waals surface area contributed by atoms with Crippen LogP contribution in [0.4, 0.5) is 0 Å². The van der Waals surface area contributed by atoms with Crippen molar-refractivity contribution in [3.63, 3.8) is 0 Å². The van der Waals surface area contributed by atoms with E-state index in [9.17, 15) is 8.42 Å². The maximum atomic E-state index is 12.7. The molecule has 2 aromatic carbocycles. The molecule has 0 atom stereocenters. The van der Waals surface area contributed by atoms with Crippen molar-refractivity contribution in [2.24, 2.45) is 11.4 Å². The van der Waals surface area contributed by atoms with E-state index in [1.54, 1.807) is 50.1 Å². The Labute approximate surface area is 155 Å². The lowest BCUT2D eigenvalue weighted by molar-refractivity contribution is 0.409. The fraction of sp³-hybridized carbons (Fsp3) is 0.235. The van der Waals surface area contributed by atoms with E-state index in [4.69, 9.17) is 14.2 Å². The van der Waals surface area contributed by atoms with Gasteiger partial charge in [-0.1, -0.05) is 11.3 Å². The van der Waals surface area contributed by atoms with Gasteiger partial charge in [-0.3, -0.25) is 0 Å². The topological polar surface area (TPSA) is 79.1 Å². The molecule has 1 heterocycles. The fourth-order valence-corrected chi connectivity index (χ4v) is 4.87. The maximum Gasteiger partial charge on any atom is 0.285 e. The second-order valence-corrected chi connectivity index (χ2v) is 7.91. The molecule has 0 spiro atoms. The van der Waals surface area contributed by atoms with E-state index < -0.39 is 10.0 Å². The molecule has 0 saturated heterocycles. The van der Waals surface area contributed by atoms with Crippen LogP contribution in [-0.2, 0) is 17.1 Å². The van der Waals surface area contributed by atoms with Crippen LogP contribution < -0.4 is 19.0 Å². The molecule has 0 aliphatic rings. The van der Waals surface area contributed by atoms with Crippen molar-refractivity contribution in [1.82, 2.24) is 4.57 Å². The number of thiazole rings is 1. The second-order valence-electron chi connectivity index (χ2n) is 5.33. The standard InChI is InChI=1S/C17H18N2O5S2/c1-19-15-13(23-3)9-10-14(24-4)16(15)25-17(19)18-26(20,21)12-7-5-11(22-2)6-8-12/h5-10H,1-4H3/b18-17-. The number of benzene rings is 2. The molecular formula is C17H18N2O5S2. The SMILES string of the molecule is COc1ccc(S(=O)(=O)/N=c2\sc3c(OC)ccc(OC)c3n2C)cc1. The maximum absolute atomic E-state index is 12.7. The Morgan fingerprint density at radius 2 is 1.54 bits per heavy atom. The predicted molar refractivity (Wildman–Crippen MR) is 99.6 cm³/mol. The van der Waals surface area contributed by atoms with Crippen molar-refractivity contribution in [3.05, 3.63) is 41.2 Å². The summed E-state index contributed by atoms with van der Waals surface area (Å²) in [6, 6.07) is 9.64. The zero-order chi connectivity index (χ0) is 18.9. The molecule has 1 aromatic heterocycles. The molecule has 3 aromatic rings. The summed E-state index contributed by atoms with van der Waals surface area (Å²) in [5, 5.41) is 0. The van der Waals surface area contributed by atoms with E-state index >= 15 is 0 Å². The third-order valence-corrected chi connectivity index (χ3v) is 6.41. The molecule has 0 unspecified atom stereocenters. The zero-order valence-electron chi connectivity index (χ0n) is 14.7. The molecule has 7 nitrogen and oxygen atoms in total. The number of aryl methyl sites for hydroxylation is 1. The molecule has 0 bridgehead atoms. The normalized spacial score (nSPS) is 12.4. The molecule has 3 rings (SSSR count). The van der Waals surface area contributed by atoms with Crippen LogP contribution in [0.2, 0.25) is 0 Å². The van der Waals surface area contributed by atoms with Crippen molar-refractivity contribution < 1.29 is 22.6 Å². The van der Waals surface area contributed by atoms with Gasteiger partial charge in [-0.2, -0.15) is 8.42 Å². The summed E-state index contributed by atoms with van der Waals surface area (Å²) in [5.41, 5.74) is 0.723. The lowest BCUT2D eigenvalue weighted by Crippen LogP contribution is -2.14. The molecule has 0 fully saturated rings. The minimum atomic E-state index is -3.87. The number of hydrogen-bond donors (Lipinski definition) is 0. The number of nitrogens with zero attached hydrogens (tertiary/aromatic N) is 2. The zero-order valence-corrected chi connectivity index (χ0v) is 16.3. The van der Waals surface area contributed by atoms with Gasteiger partial charge in [0.25, 0.3) is 10.0 Å². The van der Waals surface area contributed by atoms with Gasteiger partial charge in [-0.05, 0) is 36.4 Å². The number of hydrogen-bond acceptors (Lipinski definition) is 6. The minimum Gasteiger partial charge on any atom is -0.497 e. The third kappa shape index (κ3) is 3.15. The van der Waals surface area contributed by atoms with Gasteiger partial charge in [0, 0.05) is 7.05 Å². The third-order valence-electron chi connectivity index (χ3n) is 3.87. The van der Waals surface area contributed by atoms with Gasteiger partial charge in [0.05, 0.1) is 26.2 Å². The van der Waals surface area contributed by atoms with Crippen LogP contribution in [0.1, 0.15) is 0 Å². The Balaban J connectivity index is 2.22. The molecule has 0 saturated carbocycles. The Bertz CT molecular complexity index is 1110. The average molecular weight is 394 g/mol. The number of ether oxygens (including phenoxy) is 3. The van der Waals surface area contributed by atoms with E-state index in [0.717, 1.165) is 10.2 Å². The first kappa shape index (κ1) is 18.3. The van der Waals surface area contributed by atoms with E-state index in [1.165, 1.54) is 30.6 Å². The van der Waals surface area contributed by atoms with Gasteiger partial charge in [0.2, 0.25) is 4.80 Å². The number of sulfonamides is 1. The largest absolute Gasteiger partial charge is 0.497 e. The van der Waals surface area contributed by atoms with Crippen molar-refractivity contribution in [1.29, 1.82) is 0 Å². The van der Waals surface area contributed by atoms with Crippen molar-refractivity contribution in [2.75, 3.05) is 21.3 Å². The summed E-state index contributed by atoms with van der Waals surface area (Å²) in [4.78, 5) is 0.410. The van der Waals surface area contributed by atoms with Crippen LogP contribution >= 0.6 is 11.3 Å². The fourth-order valence-electron chi connectivity index (χ4n) is 2.51. The first-order chi connectivity index (χ1) is 12.4. The van der Waals surface area contributed by atoms with Crippen LogP contribution in [0.5, 0.6) is 17.2 Å². The molecule has 26 heavy (non-hydrogen) atoms. The molecule has 0 aliphatic carbocycles. The van der Waals surface area contributed by atoms with Gasteiger partial charge >= 0.3 is 0 Å². The van der Waals surface area contributed by atoms with Crippen LogP contribution in [-0.4, -0.2) is 34.3 Å². The minimum absolute atomic E-state index is 0.0923. The highest BCUT2D eigenvalue weighted by atomic mass is 32.2. The monoisotopic (exact) mass is 394 g/mol. The highest BCUT2D eigenvalue weighted by Gasteiger charge is 2.17. The van der Waals surface area contributed by atoms with Gasteiger partial charge in [-0.15, -0.1) is 4.40 Å². The lowest BCUT2D eigenvalue weighted by atomic mass is 10.3. The number of aromatic nitrogens is 1. The van der Waals surface area contributed by atoms with Crippen molar-refractivity contribution in [3.8, 4) is 17.2 Å². The first-order valence-corrected chi connectivity index (χ1v) is 9.82. The van der Waals surface area contributed by atoms with Crippen LogP contribution in [0.3, 0.4) is 0 Å². The van der Waals surface area contributed by atoms with Crippen molar-refractivity contribution in [2.45, 2.75) is 4.90 Å². The van der Waals surface area contributed by atoms with Gasteiger partial charge in [0.15, 0.2) is 0 Å². The molecule has 0 aliphatic heterocycles. The molecule has 9 heteroatoms. The summed E-state index contributed by atoms with van der Waals surface area (Å²) in [7, 11) is 2.51. The highest BCUT2D eigenvalue weighted by Crippen LogP contribution is 2.34. The predicted octanol–water partition coefficient (Wildman–Crippen LogP) is 2.56. The average Bonchev–Trinajstić information content (AvgIpc) is 2.97. The van der Waals surface area contributed by atoms with Crippen LogP contribution in [0, 0.1) is 0 Å². The second kappa shape index (κ2) is 7.00. The Morgan fingerprint density at radius 1 is 0.923 bits per heavy atom. The highest BCUT2D eigenvalue weighted by molar-refractivity contribution is 7.90.